The van der Waals surface area contributed by atoms with Gasteiger partial charge in [0.1, 0.15) is 5.75 Å². The van der Waals surface area contributed by atoms with Crippen molar-refractivity contribution in [2.75, 3.05) is 26.9 Å². The second kappa shape index (κ2) is 11.7. The van der Waals surface area contributed by atoms with Crippen molar-refractivity contribution in [1.82, 2.24) is 10.6 Å². The number of halogens is 1. The normalized spacial score (nSPS) is 10.3. The number of amides is 1. The van der Waals surface area contributed by atoms with Gasteiger partial charge >= 0.3 is 0 Å². The van der Waals surface area contributed by atoms with Gasteiger partial charge in [-0.2, -0.15) is 0 Å². The van der Waals surface area contributed by atoms with E-state index in [1.54, 1.807) is 19.2 Å². The van der Waals surface area contributed by atoms with Crippen LogP contribution in [0.3, 0.4) is 0 Å². The van der Waals surface area contributed by atoms with Crippen LogP contribution in [-0.4, -0.2) is 37.9 Å². The predicted octanol–water partition coefficient (Wildman–Crippen LogP) is 3.71. The Hall–Kier alpha value is -1.96. The molecule has 0 unspecified atom stereocenters. The van der Waals surface area contributed by atoms with Crippen LogP contribution in [0.4, 0.5) is 0 Å². The van der Waals surface area contributed by atoms with E-state index in [2.05, 4.69) is 26.6 Å². The van der Waals surface area contributed by atoms with Crippen LogP contribution in [0.25, 0.3) is 0 Å². The molecule has 0 fully saturated rings. The molecule has 27 heavy (non-hydrogen) atoms. The molecular weight excluding hydrogens is 428 g/mol. The van der Waals surface area contributed by atoms with Gasteiger partial charge in [-0.1, -0.05) is 46.3 Å². The molecule has 0 heterocycles. The molecule has 0 aliphatic carbocycles. The van der Waals surface area contributed by atoms with E-state index in [1.807, 2.05) is 36.4 Å². The molecule has 0 aliphatic rings. The van der Waals surface area contributed by atoms with Crippen molar-refractivity contribution in [2.24, 2.45) is 0 Å². The zero-order chi connectivity index (χ0) is 19.5. The number of benzene rings is 2. The first-order chi connectivity index (χ1) is 13.1. The summed E-state index contributed by atoms with van der Waals surface area (Å²) in [6.45, 7) is 1.74. The summed E-state index contributed by atoms with van der Waals surface area (Å²) in [7, 11) is 1.65. The molecule has 7 heteroatoms. The highest BCUT2D eigenvalue weighted by molar-refractivity contribution is 9.10. The fourth-order valence-electron chi connectivity index (χ4n) is 2.36. The van der Waals surface area contributed by atoms with Crippen molar-refractivity contribution >= 4 is 39.2 Å². The van der Waals surface area contributed by atoms with Gasteiger partial charge in [-0.15, -0.1) is 0 Å². The summed E-state index contributed by atoms with van der Waals surface area (Å²) >= 11 is 8.57. The van der Waals surface area contributed by atoms with Crippen LogP contribution < -0.4 is 15.4 Å². The number of thiocarbonyl (C=S) groups is 1. The lowest BCUT2D eigenvalue weighted by Crippen LogP contribution is -2.40. The second-order valence-corrected chi connectivity index (χ2v) is 7.10. The lowest BCUT2D eigenvalue weighted by atomic mass is 10.1. The lowest BCUT2D eigenvalue weighted by Gasteiger charge is -2.13. The average Bonchev–Trinajstić information content (AvgIpc) is 2.67. The molecule has 0 aromatic heterocycles. The average molecular weight is 451 g/mol. The van der Waals surface area contributed by atoms with Crippen LogP contribution in [0.1, 0.15) is 22.3 Å². The molecule has 144 valence electrons. The SMILES string of the molecule is COCCCNC(=S)NC(=O)c1cc(Br)ccc1OCCc1ccccc1. The Morgan fingerprint density at radius 2 is 1.93 bits per heavy atom. The molecule has 0 saturated heterocycles. The van der Waals surface area contributed by atoms with E-state index < -0.39 is 0 Å². The van der Waals surface area contributed by atoms with Gasteiger partial charge in [0.25, 0.3) is 5.91 Å². The minimum atomic E-state index is -0.310. The minimum Gasteiger partial charge on any atom is -0.492 e. The smallest absolute Gasteiger partial charge is 0.261 e. The summed E-state index contributed by atoms with van der Waals surface area (Å²) in [5.74, 6) is 0.212. The van der Waals surface area contributed by atoms with E-state index >= 15 is 0 Å². The number of carbonyl (C=O) groups is 1. The number of rotatable bonds is 9. The molecule has 1 amide bonds. The van der Waals surface area contributed by atoms with Crippen LogP contribution in [0.2, 0.25) is 0 Å². The first-order valence-corrected chi connectivity index (χ1v) is 9.84. The van der Waals surface area contributed by atoms with Gasteiger partial charge in [-0.25, -0.2) is 0 Å². The molecule has 5 nitrogen and oxygen atoms in total. The van der Waals surface area contributed by atoms with Crippen molar-refractivity contribution in [3.63, 3.8) is 0 Å². The topological polar surface area (TPSA) is 59.6 Å². The van der Waals surface area contributed by atoms with Crippen LogP contribution >= 0.6 is 28.1 Å². The van der Waals surface area contributed by atoms with E-state index in [4.69, 9.17) is 21.7 Å². The Balaban J connectivity index is 1.93. The second-order valence-electron chi connectivity index (χ2n) is 5.78. The molecular formula is C20H23BrN2O3S. The molecule has 2 rings (SSSR count). The molecule has 0 atom stereocenters. The summed E-state index contributed by atoms with van der Waals surface area (Å²) in [4.78, 5) is 12.6. The van der Waals surface area contributed by atoms with Crippen LogP contribution in [0.5, 0.6) is 5.75 Å². The minimum absolute atomic E-state index is 0.284. The number of carbonyl (C=O) groups excluding carboxylic acids is 1. The van der Waals surface area contributed by atoms with Crippen LogP contribution in [0, 0.1) is 0 Å². The number of ether oxygens (including phenoxy) is 2. The summed E-state index contributed by atoms with van der Waals surface area (Å²) in [6.07, 6.45) is 1.56. The van der Waals surface area contributed by atoms with Gasteiger partial charge in [0.15, 0.2) is 5.11 Å². The van der Waals surface area contributed by atoms with E-state index in [9.17, 15) is 4.79 Å². The van der Waals surface area contributed by atoms with Gasteiger partial charge in [0, 0.05) is 31.2 Å². The third kappa shape index (κ3) is 7.66. The Bertz CT molecular complexity index is 756. The fraction of sp³-hybridized carbons (Fsp3) is 0.300. The Morgan fingerprint density at radius 3 is 2.67 bits per heavy atom. The Morgan fingerprint density at radius 1 is 1.15 bits per heavy atom. The van der Waals surface area contributed by atoms with Crippen molar-refractivity contribution in [3.8, 4) is 5.75 Å². The third-order valence-electron chi connectivity index (χ3n) is 3.72. The zero-order valence-electron chi connectivity index (χ0n) is 15.2. The van der Waals surface area contributed by atoms with Crippen LogP contribution in [-0.2, 0) is 11.2 Å². The molecule has 0 spiro atoms. The first-order valence-electron chi connectivity index (χ1n) is 8.64. The van der Waals surface area contributed by atoms with Crippen molar-refractivity contribution in [2.45, 2.75) is 12.8 Å². The quantitative estimate of drug-likeness (QED) is 0.450. The monoisotopic (exact) mass is 450 g/mol. The number of nitrogens with one attached hydrogen (secondary N) is 2. The number of hydrogen-bond donors (Lipinski definition) is 2. The summed E-state index contributed by atoms with van der Waals surface area (Å²) in [5, 5.41) is 5.96. The van der Waals surface area contributed by atoms with Gasteiger partial charge in [0.2, 0.25) is 0 Å². The largest absolute Gasteiger partial charge is 0.492 e. The highest BCUT2D eigenvalue weighted by Crippen LogP contribution is 2.23. The molecule has 0 bridgehead atoms. The molecule has 2 aromatic carbocycles. The third-order valence-corrected chi connectivity index (χ3v) is 4.45. The first kappa shape index (κ1) is 21.3. The van der Waals surface area contributed by atoms with Gasteiger partial charge in [-0.05, 0) is 42.4 Å². The zero-order valence-corrected chi connectivity index (χ0v) is 17.6. The number of methoxy groups -OCH3 is 1. The maximum atomic E-state index is 12.6. The molecule has 0 aliphatic heterocycles. The van der Waals surface area contributed by atoms with Gasteiger partial charge in [-0.3, -0.25) is 10.1 Å². The lowest BCUT2D eigenvalue weighted by molar-refractivity contribution is 0.0972. The maximum absolute atomic E-state index is 12.6. The van der Waals surface area contributed by atoms with Crippen molar-refractivity contribution < 1.29 is 14.3 Å². The Kier molecular flexibility index (Phi) is 9.24. The molecule has 0 saturated carbocycles. The standard InChI is InChI=1S/C20H23BrN2O3S/c1-25-12-5-11-22-20(27)23-19(24)17-14-16(21)8-9-18(17)26-13-10-15-6-3-2-4-7-15/h2-4,6-9,14H,5,10-13H2,1H3,(H2,22,23,24,27). The summed E-state index contributed by atoms with van der Waals surface area (Å²) in [5.41, 5.74) is 1.61. The number of hydrogen-bond acceptors (Lipinski definition) is 4. The Labute approximate surface area is 173 Å². The van der Waals surface area contributed by atoms with E-state index in [0.717, 1.165) is 17.3 Å². The molecule has 2 N–H and O–H groups in total. The van der Waals surface area contributed by atoms with Crippen molar-refractivity contribution in [1.29, 1.82) is 0 Å². The highest BCUT2D eigenvalue weighted by atomic mass is 79.9. The maximum Gasteiger partial charge on any atom is 0.261 e. The van der Waals surface area contributed by atoms with Gasteiger partial charge in [0.05, 0.1) is 12.2 Å². The molecule has 2 aromatic rings. The van der Waals surface area contributed by atoms with E-state index in [0.29, 0.717) is 31.1 Å². The summed E-state index contributed by atoms with van der Waals surface area (Å²) in [6, 6.07) is 15.4. The fourth-order valence-corrected chi connectivity index (χ4v) is 2.92. The predicted molar refractivity (Wildman–Crippen MR) is 114 cm³/mol. The van der Waals surface area contributed by atoms with Crippen LogP contribution in [0.15, 0.2) is 53.0 Å². The molecule has 0 radical (unpaired) electrons. The summed E-state index contributed by atoms with van der Waals surface area (Å²) < 4.78 is 11.6. The van der Waals surface area contributed by atoms with E-state index in [-0.39, 0.29) is 11.0 Å². The highest BCUT2D eigenvalue weighted by Gasteiger charge is 2.15. The van der Waals surface area contributed by atoms with E-state index in [1.165, 1.54) is 5.56 Å². The van der Waals surface area contributed by atoms with Crippen molar-refractivity contribution in [3.05, 3.63) is 64.1 Å². The van der Waals surface area contributed by atoms with Gasteiger partial charge < -0.3 is 14.8 Å².